The lowest BCUT2D eigenvalue weighted by molar-refractivity contribution is 0.518. The van der Waals surface area contributed by atoms with Crippen molar-refractivity contribution in [3.63, 3.8) is 0 Å². The Bertz CT molecular complexity index is 892. The number of nitrogens with zero attached hydrogens (tertiary/aromatic N) is 2. The van der Waals surface area contributed by atoms with Gasteiger partial charge in [0, 0.05) is 0 Å². The summed E-state index contributed by atoms with van der Waals surface area (Å²) in [7, 11) is -3.52. The molecule has 0 bridgehead atoms. The summed E-state index contributed by atoms with van der Waals surface area (Å²) in [5.74, 6) is -0.128. The van der Waals surface area contributed by atoms with Crippen LogP contribution in [0.15, 0.2) is 63.9 Å². The van der Waals surface area contributed by atoms with Gasteiger partial charge in [0.1, 0.15) is 5.75 Å². The molecule has 0 radical (unpaired) electrons. The predicted molar refractivity (Wildman–Crippen MR) is 82.1 cm³/mol. The molecule has 0 fully saturated rings. The summed E-state index contributed by atoms with van der Waals surface area (Å²) < 4.78 is 29.9. The largest absolute Gasteiger partial charge is 0.420 e. The summed E-state index contributed by atoms with van der Waals surface area (Å²) >= 11 is 6.05. The van der Waals surface area contributed by atoms with E-state index >= 15 is 0 Å². The van der Waals surface area contributed by atoms with Crippen LogP contribution in [0.3, 0.4) is 0 Å². The van der Waals surface area contributed by atoms with Gasteiger partial charge in [-0.25, -0.2) is 8.42 Å². The van der Waals surface area contributed by atoms with Gasteiger partial charge in [0.25, 0.3) is 0 Å². The standard InChI is InChI=1S/C15H11ClN2O3S/c16-13-9-5-4-8-12(13)15-18-17-14(21-15)10-22(19,20)11-6-2-1-3-7-11/h1-9H,10H2. The van der Waals surface area contributed by atoms with Crippen molar-refractivity contribution in [2.75, 3.05) is 0 Å². The van der Waals surface area contributed by atoms with E-state index in [0.717, 1.165) is 0 Å². The van der Waals surface area contributed by atoms with Gasteiger partial charge in [0.2, 0.25) is 11.8 Å². The molecule has 0 unspecified atom stereocenters. The van der Waals surface area contributed by atoms with Gasteiger partial charge in [-0.15, -0.1) is 10.2 Å². The van der Waals surface area contributed by atoms with Crippen LogP contribution in [-0.2, 0) is 15.6 Å². The van der Waals surface area contributed by atoms with Crippen LogP contribution in [0.1, 0.15) is 5.89 Å². The van der Waals surface area contributed by atoms with Crippen LogP contribution in [0, 0.1) is 0 Å². The molecule has 22 heavy (non-hydrogen) atoms. The summed E-state index contributed by atoms with van der Waals surface area (Å²) in [6, 6.07) is 15.1. The van der Waals surface area contributed by atoms with Crippen molar-refractivity contribution in [1.29, 1.82) is 0 Å². The summed E-state index contributed by atoms with van der Waals surface area (Å²) in [5, 5.41) is 8.11. The van der Waals surface area contributed by atoms with Gasteiger partial charge in [-0.3, -0.25) is 0 Å². The molecule has 0 saturated carbocycles. The van der Waals surface area contributed by atoms with Crippen molar-refractivity contribution in [2.24, 2.45) is 0 Å². The lowest BCUT2D eigenvalue weighted by Gasteiger charge is -2.00. The molecule has 112 valence electrons. The highest BCUT2D eigenvalue weighted by Gasteiger charge is 2.20. The van der Waals surface area contributed by atoms with Gasteiger partial charge >= 0.3 is 0 Å². The zero-order valence-electron chi connectivity index (χ0n) is 11.3. The molecular formula is C15H11ClN2O3S. The van der Waals surface area contributed by atoms with Crippen LogP contribution in [0.5, 0.6) is 0 Å². The number of rotatable bonds is 4. The molecule has 3 rings (SSSR count). The number of aromatic nitrogens is 2. The first-order valence-electron chi connectivity index (χ1n) is 6.41. The van der Waals surface area contributed by atoms with Crippen molar-refractivity contribution in [3.8, 4) is 11.5 Å². The average molecular weight is 335 g/mol. The Morgan fingerprint density at radius 1 is 0.955 bits per heavy atom. The Morgan fingerprint density at radius 2 is 1.64 bits per heavy atom. The van der Waals surface area contributed by atoms with E-state index in [4.69, 9.17) is 16.0 Å². The topological polar surface area (TPSA) is 73.1 Å². The number of benzene rings is 2. The minimum absolute atomic E-state index is 0.0266. The van der Waals surface area contributed by atoms with E-state index in [1.807, 2.05) is 0 Å². The highest BCUT2D eigenvalue weighted by atomic mass is 35.5. The minimum atomic E-state index is -3.52. The third-order valence-electron chi connectivity index (χ3n) is 2.99. The van der Waals surface area contributed by atoms with Gasteiger partial charge in [-0.1, -0.05) is 41.9 Å². The van der Waals surface area contributed by atoms with E-state index in [1.54, 1.807) is 42.5 Å². The average Bonchev–Trinajstić information content (AvgIpc) is 2.96. The monoisotopic (exact) mass is 334 g/mol. The van der Waals surface area contributed by atoms with E-state index in [0.29, 0.717) is 10.6 Å². The Balaban J connectivity index is 1.88. The fourth-order valence-corrected chi connectivity index (χ4v) is 3.33. The summed E-state index contributed by atoms with van der Waals surface area (Å²) in [6.07, 6.45) is 0. The second-order valence-electron chi connectivity index (χ2n) is 4.55. The van der Waals surface area contributed by atoms with Crippen LogP contribution in [0.25, 0.3) is 11.5 Å². The highest BCUT2D eigenvalue weighted by molar-refractivity contribution is 7.90. The maximum atomic E-state index is 12.3. The first kappa shape index (κ1) is 14.7. The molecule has 0 N–H and O–H groups in total. The van der Waals surface area contributed by atoms with Crippen molar-refractivity contribution in [2.45, 2.75) is 10.6 Å². The third kappa shape index (κ3) is 3.03. The van der Waals surface area contributed by atoms with Crippen molar-refractivity contribution < 1.29 is 12.8 Å². The van der Waals surface area contributed by atoms with Gasteiger partial charge in [0.15, 0.2) is 9.84 Å². The summed E-state index contributed by atoms with van der Waals surface area (Å²) in [6.45, 7) is 0. The van der Waals surface area contributed by atoms with Crippen LogP contribution >= 0.6 is 11.6 Å². The van der Waals surface area contributed by atoms with E-state index in [9.17, 15) is 8.42 Å². The molecule has 0 aliphatic rings. The molecule has 1 aromatic heterocycles. The number of hydrogen-bond donors (Lipinski definition) is 0. The Labute approximate surface area is 132 Å². The Kier molecular flexibility index (Phi) is 3.96. The van der Waals surface area contributed by atoms with Crippen LogP contribution in [-0.4, -0.2) is 18.6 Å². The van der Waals surface area contributed by atoms with E-state index in [1.165, 1.54) is 12.1 Å². The van der Waals surface area contributed by atoms with Gasteiger partial charge < -0.3 is 4.42 Å². The van der Waals surface area contributed by atoms with Gasteiger partial charge in [-0.05, 0) is 24.3 Å². The van der Waals surface area contributed by atoms with Crippen LogP contribution in [0.2, 0.25) is 5.02 Å². The molecule has 0 atom stereocenters. The maximum absolute atomic E-state index is 12.3. The molecule has 1 heterocycles. The lowest BCUT2D eigenvalue weighted by atomic mass is 10.2. The quantitative estimate of drug-likeness (QED) is 0.731. The smallest absolute Gasteiger partial charge is 0.249 e. The van der Waals surface area contributed by atoms with Gasteiger partial charge in [0.05, 0.1) is 15.5 Å². The Hall–Kier alpha value is -2.18. The number of halogens is 1. The third-order valence-corrected chi connectivity index (χ3v) is 4.93. The van der Waals surface area contributed by atoms with Crippen LogP contribution in [0.4, 0.5) is 0 Å². The second kappa shape index (κ2) is 5.90. The highest BCUT2D eigenvalue weighted by Crippen LogP contribution is 2.27. The fourth-order valence-electron chi connectivity index (χ4n) is 1.93. The molecule has 3 aromatic rings. The fraction of sp³-hybridized carbons (Fsp3) is 0.0667. The second-order valence-corrected chi connectivity index (χ2v) is 6.95. The van der Waals surface area contributed by atoms with E-state index in [2.05, 4.69) is 10.2 Å². The number of sulfone groups is 1. The predicted octanol–water partition coefficient (Wildman–Crippen LogP) is 3.36. The van der Waals surface area contributed by atoms with Crippen molar-refractivity contribution in [3.05, 3.63) is 65.5 Å². The first-order valence-corrected chi connectivity index (χ1v) is 8.44. The summed E-state index contributed by atoms with van der Waals surface area (Å²) in [4.78, 5) is 0.215. The molecule has 0 saturated heterocycles. The normalized spacial score (nSPS) is 11.5. The molecule has 0 aliphatic heterocycles. The molecule has 0 aliphatic carbocycles. The molecule has 2 aromatic carbocycles. The minimum Gasteiger partial charge on any atom is -0.420 e. The van der Waals surface area contributed by atoms with E-state index < -0.39 is 9.84 Å². The zero-order chi connectivity index (χ0) is 15.6. The summed E-state index contributed by atoms with van der Waals surface area (Å²) in [5.41, 5.74) is 0.569. The zero-order valence-corrected chi connectivity index (χ0v) is 12.9. The van der Waals surface area contributed by atoms with Crippen molar-refractivity contribution in [1.82, 2.24) is 10.2 Å². The SMILES string of the molecule is O=S(=O)(Cc1nnc(-c2ccccc2Cl)o1)c1ccccc1. The molecular weight excluding hydrogens is 324 g/mol. The van der Waals surface area contributed by atoms with Gasteiger partial charge in [-0.2, -0.15) is 0 Å². The molecule has 5 nitrogen and oxygen atoms in total. The molecule has 0 amide bonds. The lowest BCUT2D eigenvalue weighted by Crippen LogP contribution is -2.04. The molecule has 7 heteroatoms. The van der Waals surface area contributed by atoms with Crippen molar-refractivity contribution >= 4 is 21.4 Å². The Morgan fingerprint density at radius 3 is 2.36 bits per heavy atom. The first-order chi connectivity index (χ1) is 10.6. The number of hydrogen-bond acceptors (Lipinski definition) is 5. The maximum Gasteiger partial charge on any atom is 0.249 e. The molecule has 0 spiro atoms. The van der Waals surface area contributed by atoms with E-state index in [-0.39, 0.29) is 22.4 Å². The van der Waals surface area contributed by atoms with Crippen LogP contribution < -0.4 is 0 Å².